The number of rotatable bonds is 5. The van der Waals surface area contributed by atoms with E-state index in [9.17, 15) is 14.0 Å². The number of ether oxygens (including phenoxy) is 1. The molecule has 1 N–H and O–H groups in total. The summed E-state index contributed by atoms with van der Waals surface area (Å²) in [6.07, 6.45) is 3.63. The molecule has 2 aliphatic heterocycles. The first-order chi connectivity index (χ1) is 13.1. The highest BCUT2D eigenvalue weighted by atomic mass is 19.1. The van der Waals surface area contributed by atoms with E-state index in [0.29, 0.717) is 30.6 Å². The van der Waals surface area contributed by atoms with Gasteiger partial charge in [-0.25, -0.2) is 4.39 Å². The van der Waals surface area contributed by atoms with Gasteiger partial charge in [-0.05, 0) is 37.1 Å². The summed E-state index contributed by atoms with van der Waals surface area (Å²) in [4.78, 5) is 28.2. The highest BCUT2D eigenvalue weighted by Gasteiger charge is 2.24. The Morgan fingerprint density at radius 1 is 1.19 bits per heavy atom. The second kappa shape index (κ2) is 9.62. The Morgan fingerprint density at radius 3 is 2.63 bits per heavy atom. The minimum atomic E-state index is -0.939. The van der Waals surface area contributed by atoms with Crippen LogP contribution in [0.15, 0.2) is 36.4 Å². The van der Waals surface area contributed by atoms with E-state index in [-0.39, 0.29) is 18.4 Å². The third-order valence-electron chi connectivity index (χ3n) is 4.79. The number of halogens is 1. The summed E-state index contributed by atoms with van der Waals surface area (Å²) < 4.78 is 18.8. The fourth-order valence-electron chi connectivity index (χ4n) is 3.26. The maximum Gasteiger partial charge on any atom is 0.253 e. The molecule has 2 heterocycles. The monoisotopic (exact) mass is 375 g/mol. The van der Waals surface area contributed by atoms with Crippen LogP contribution in [0.25, 0.3) is 0 Å². The molecule has 0 saturated carbocycles. The second-order valence-corrected chi connectivity index (χ2v) is 6.87. The van der Waals surface area contributed by atoms with Crippen molar-refractivity contribution in [2.24, 2.45) is 0 Å². The third kappa shape index (κ3) is 5.87. The molecule has 6 nitrogen and oxygen atoms in total. The number of likely N-dealkylation sites (tertiary alicyclic amines) is 1. The number of alkyl halides is 1. The van der Waals surface area contributed by atoms with Crippen LogP contribution in [-0.4, -0.2) is 73.7 Å². The molecule has 0 aromatic heterocycles. The highest BCUT2D eigenvalue weighted by Crippen LogP contribution is 2.17. The number of amides is 2. The van der Waals surface area contributed by atoms with Gasteiger partial charge in [-0.3, -0.25) is 14.5 Å². The maximum absolute atomic E-state index is 13.5. The molecular weight excluding hydrogens is 349 g/mol. The number of nitrogens with one attached hydrogen (secondary N) is 1. The first-order valence-electron chi connectivity index (χ1n) is 9.43. The molecule has 1 unspecified atom stereocenters. The largest absolute Gasteiger partial charge is 0.379 e. The van der Waals surface area contributed by atoms with Crippen LogP contribution in [0.4, 0.5) is 10.1 Å². The van der Waals surface area contributed by atoms with Crippen LogP contribution < -0.4 is 5.32 Å². The van der Waals surface area contributed by atoms with E-state index in [0.717, 1.165) is 32.8 Å². The van der Waals surface area contributed by atoms with Crippen molar-refractivity contribution >= 4 is 17.5 Å². The molecular formula is C20H26FN3O3. The fraction of sp³-hybridized carbons (Fsp3) is 0.500. The van der Waals surface area contributed by atoms with Crippen molar-refractivity contribution in [2.75, 3.05) is 51.3 Å². The molecule has 1 aromatic rings. The number of morpholine rings is 1. The van der Waals surface area contributed by atoms with Gasteiger partial charge in [-0.15, -0.1) is 0 Å². The summed E-state index contributed by atoms with van der Waals surface area (Å²) in [7, 11) is 0. The molecule has 0 bridgehead atoms. The van der Waals surface area contributed by atoms with E-state index in [4.69, 9.17) is 4.74 Å². The number of nitrogens with zero attached hydrogens (tertiary/aromatic N) is 2. The van der Waals surface area contributed by atoms with Crippen LogP contribution in [-0.2, 0) is 9.53 Å². The van der Waals surface area contributed by atoms with Crippen molar-refractivity contribution in [2.45, 2.75) is 19.0 Å². The van der Waals surface area contributed by atoms with Crippen LogP contribution in [0.2, 0.25) is 0 Å². The lowest BCUT2D eigenvalue weighted by atomic mass is 10.1. The number of piperidine rings is 1. The average molecular weight is 375 g/mol. The molecule has 27 heavy (non-hydrogen) atoms. The summed E-state index contributed by atoms with van der Waals surface area (Å²) in [5.74, 6) is -0.376. The van der Waals surface area contributed by atoms with Gasteiger partial charge in [0.2, 0.25) is 5.91 Å². The number of carbonyl (C=O) groups excluding carboxylic acids is 2. The topological polar surface area (TPSA) is 61.9 Å². The van der Waals surface area contributed by atoms with Gasteiger partial charge in [-0.2, -0.15) is 0 Å². The lowest BCUT2D eigenvalue weighted by molar-refractivity contribution is -0.111. The van der Waals surface area contributed by atoms with E-state index in [2.05, 4.69) is 10.2 Å². The lowest BCUT2D eigenvalue weighted by Gasteiger charge is -2.29. The van der Waals surface area contributed by atoms with E-state index in [1.165, 1.54) is 6.08 Å². The summed E-state index contributed by atoms with van der Waals surface area (Å²) in [5, 5.41) is 2.78. The van der Waals surface area contributed by atoms with Gasteiger partial charge in [-0.1, -0.05) is 6.08 Å². The fourth-order valence-corrected chi connectivity index (χ4v) is 3.26. The predicted molar refractivity (Wildman–Crippen MR) is 102 cm³/mol. The molecule has 7 heteroatoms. The van der Waals surface area contributed by atoms with Crippen molar-refractivity contribution in [3.05, 3.63) is 42.0 Å². The zero-order chi connectivity index (χ0) is 19.1. The SMILES string of the molecule is O=C(/C=C/CN1CCOCC1)Nc1ccc(C(=O)N2CCCC(F)C2)cc1. The van der Waals surface area contributed by atoms with Gasteiger partial charge in [0.05, 0.1) is 19.8 Å². The standard InChI is InChI=1S/C20H26FN3O3/c21-17-3-1-10-24(15-17)20(26)16-5-7-18(8-6-16)22-19(25)4-2-9-23-11-13-27-14-12-23/h2,4-8,17H,1,3,9-15H2,(H,22,25)/b4-2+. The average Bonchev–Trinajstić information content (AvgIpc) is 2.69. The van der Waals surface area contributed by atoms with Crippen molar-refractivity contribution in [3.8, 4) is 0 Å². The Balaban J connectivity index is 1.48. The van der Waals surface area contributed by atoms with Gasteiger partial charge in [0, 0.05) is 43.5 Å². The molecule has 3 rings (SSSR count). The summed E-state index contributed by atoms with van der Waals surface area (Å²) >= 11 is 0. The predicted octanol–water partition coefficient (Wildman–Crippen LogP) is 2.09. The van der Waals surface area contributed by atoms with Gasteiger partial charge >= 0.3 is 0 Å². The third-order valence-corrected chi connectivity index (χ3v) is 4.79. The van der Waals surface area contributed by atoms with E-state index < -0.39 is 6.17 Å². The smallest absolute Gasteiger partial charge is 0.253 e. The molecule has 1 atom stereocenters. The van der Waals surface area contributed by atoms with Gasteiger partial charge in [0.1, 0.15) is 6.17 Å². The molecule has 0 radical (unpaired) electrons. The van der Waals surface area contributed by atoms with E-state index >= 15 is 0 Å². The highest BCUT2D eigenvalue weighted by molar-refractivity contribution is 6.00. The Labute approximate surface area is 159 Å². The number of benzene rings is 1. The van der Waals surface area contributed by atoms with Gasteiger partial charge in [0.15, 0.2) is 0 Å². The van der Waals surface area contributed by atoms with Crippen LogP contribution in [0.5, 0.6) is 0 Å². The second-order valence-electron chi connectivity index (χ2n) is 6.87. The van der Waals surface area contributed by atoms with Crippen LogP contribution in [0.3, 0.4) is 0 Å². The van der Waals surface area contributed by atoms with Crippen LogP contribution in [0.1, 0.15) is 23.2 Å². The number of hydrogen-bond acceptors (Lipinski definition) is 4. The quantitative estimate of drug-likeness (QED) is 0.801. The molecule has 0 spiro atoms. The Hall–Kier alpha value is -2.25. The normalized spacial score (nSPS) is 21.4. The van der Waals surface area contributed by atoms with Crippen LogP contribution in [0, 0.1) is 0 Å². The number of hydrogen-bond donors (Lipinski definition) is 1. The van der Waals surface area contributed by atoms with E-state index in [1.54, 1.807) is 29.2 Å². The Morgan fingerprint density at radius 2 is 1.93 bits per heavy atom. The van der Waals surface area contributed by atoms with Crippen molar-refractivity contribution in [1.29, 1.82) is 0 Å². The zero-order valence-electron chi connectivity index (χ0n) is 15.4. The summed E-state index contributed by atoms with van der Waals surface area (Å²) in [5.41, 5.74) is 1.12. The molecule has 146 valence electrons. The Kier molecular flexibility index (Phi) is 6.95. The molecule has 0 aliphatic carbocycles. The number of carbonyl (C=O) groups is 2. The Bertz CT molecular complexity index is 672. The molecule has 1 aromatic carbocycles. The lowest BCUT2D eigenvalue weighted by Crippen LogP contribution is -2.40. The van der Waals surface area contributed by atoms with Gasteiger partial charge in [0.25, 0.3) is 5.91 Å². The minimum absolute atomic E-state index is 0.158. The van der Waals surface area contributed by atoms with E-state index in [1.807, 2.05) is 6.08 Å². The van der Waals surface area contributed by atoms with Crippen molar-refractivity contribution < 1.29 is 18.7 Å². The molecule has 2 fully saturated rings. The zero-order valence-corrected chi connectivity index (χ0v) is 15.4. The minimum Gasteiger partial charge on any atom is -0.379 e. The molecule has 2 saturated heterocycles. The van der Waals surface area contributed by atoms with Crippen molar-refractivity contribution in [3.63, 3.8) is 0 Å². The molecule has 2 amide bonds. The summed E-state index contributed by atoms with van der Waals surface area (Å²) in [6.45, 7) is 4.68. The van der Waals surface area contributed by atoms with Gasteiger partial charge < -0.3 is 15.0 Å². The maximum atomic E-state index is 13.5. The van der Waals surface area contributed by atoms with Crippen LogP contribution >= 0.6 is 0 Å². The first-order valence-corrected chi connectivity index (χ1v) is 9.43. The molecule has 2 aliphatic rings. The first kappa shape index (κ1) is 19.5. The van der Waals surface area contributed by atoms with Crippen molar-refractivity contribution in [1.82, 2.24) is 9.80 Å². The summed E-state index contributed by atoms with van der Waals surface area (Å²) in [6, 6.07) is 6.71. The number of anilines is 1.